The Kier molecular flexibility index (Phi) is 4.21. The summed E-state index contributed by atoms with van der Waals surface area (Å²) in [6, 6.07) is 4.95. The van der Waals surface area contributed by atoms with Crippen molar-refractivity contribution in [2.45, 2.75) is 50.9 Å². The van der Waals surface area contributed by atoms with Crippen LogP contribution in [-0.2, 0) is 17.8 Å². The Balaban J connectivity index is 1.48. The Labute approximate surface area is 115 Å². The first kappa shape index (κ1) is 13.2. The summed E-state index contributed by atoms with van der Waals surface area (Å²) in [5, 5.41) is 3.48. The molecule has 1 aromatic heterocycles. The van der Waals surface area contributed by atoms with Gasteiger partial charge in [0.05, 0.1) is 19.2 Å². The minimum atomic E-state index is 0.389. The number of rotatable bonds is 6. The smallest absolute Gasteiger partial charge is 0.118 e. The highest BCUT2D eigenvalue weighted by Crippen LogP contribution is 2.20. The quantitative estimate of drug-likeness (QED) is 0.854. The number of piperidine rings is 1. The molecule has 0 spiro atoms. The standard InChI is InChI=1S/C15H24N2O2/c1-18-14-3-2-8-17(10-14)11-15-7-6-13(19-15)9-16-12-4-5-12/h6-7,12,14,16H,2-5,8-11H2,1H3. The van der Waals surface area contributed by atoms with Crippen LogP contribution in [0.15, 0.2) is 16.5 Å². The summed E-state index contributed by atoms with van der Waals surface area (Å²) in [4.78, 5) is 2.43. The average molecular weight is 264 g/mol. The molecule has 1 atom stereocenters. The number of ether oxygens (including phenoxy) is 1. The van der Waals surface area contributed by atoms with Gasteiger partial charge in [0, 0.05) is 19.7 Å². The zero-order valence-corrected chi connectivity index (χ0v) is 11.7. The Morgan fingerprint density at radius 2 is 2.16 bits per heavy atom. The molecule has 4 nitrogen and oxygen atoms in total. The van der Waals surface area contributed by atoms with Crippen LogP contribution in [0.25, 0.3) is 0 Å². The van der Waals surface area contributed by atoms with Crippen LogP contribution in [0.2, 0.25) is 0 Å². The van der Waals surface area contributed by atoms with Crippen LogP contribution in [0.3, 0.4) is 0 Å². The second-order valence-corrected chi connectivity index (χ2v) is 5.76. The van der Waals surface area contributed by atoms with E-state index in [2.05, 4.69) is 22.3 Å². The number of furan rings is 1. The Morgan fingerprint density at radius 3 is 2.95 bits per heavy atom. The fourth-order valence-corrected chi connectivity index (χ4v) is 2.70. The van der Waals surface area contributed by atoms with E-state index >= 15 is 0 Å². The molecule has 1 aliphatic heterocycles. The summed E-state index contributed by atoms with van der Waals surface area (Å²) in [6.45, 7) is 3.94. The molecular weight excluding hydrogens is 240 g/mol. The molecule has 4 heteroatoms. The lowest BCUT2D eigenvalue weighted by Crippen LogP contribution is -2.38. The van der Waals surface area contributed by atoms with E-state index in [9.17, 15) is 0 Å². The van der Waals surface area contributed by atoms with E-state index in [1.165, 1.54) is 25.7 Å². The zero-order valence-electron chi connectivity index (χ0n) is 11.7. The molecule has 1 N–H and O–H groups in total. The number of nitrogens with zero attached hydrogens (tertiary/aromatic N) is 1. The van der Waals surface area contributed by atoms with E-state index in [0.717, 1.165) is 43.7 Å². The van der Waals surface area contributed by atoms with Crippen molar-refractivity contribution in [1.29, 1.82) is 0 Å². The maximum Gasteiger partial charge on any atom is 0.118 e. The Morgan fingerprint density at radius 1 is 1.32 bits per heavy atom. The second kappa shape index (κ2) is 6.07. The molecule has 19 heavy (non-hydrogen) atoms. The summed E-state index contributed by atoms with van der Waals surface area (Å²) >= 11 is 0. The van der Waals surface area contributed by atoms with Crippen molar-refractivity contribution in [3.05, 3.63) is 23.7 Å². The van der Waals surface area contributed by atoms with E-state index in [4.69, 9.17) is 9.15 Å². The van der Waals surface area contributed by atoms with E-state index in [-0.39, 0.29) is 0 Å². The molecule has 1 aliphatic carbocycles. The second-order valence-electron chi connectivity index (χ2n) is 5.76. The van der Waals surface area contributed by atoms with Gasteiger partial charge >= 0.3 is 0 Å². The van der Waals surface area contributed by atoms with Crippen LogP contribution < -0.4 is 5.32 Å². The van der Waals surface area contributed by atoms with E-state index in [1.807, 2.05) is 7.11 Å². The molecule has 0 radical (unpaired) electrons. The molecular formula is C15H24N2O2. The van der Waals surface area contributed by atoms with Crippen molar-refractivity contribution in [3.8, 4) is 0 Å². The van der Waals surface area contributed by atoms with Crippen molar-refractivity contribution >= 4 is 0 Å². The van der Waals surface area contributed by atoms with E-state index < -0.39 is 0 Å². The molecule has 0 amide bonds. The first-order chi connectivity index (χ1) is 9.33. The monoisotopic (exact) mass is 264 g/mol. The van der Waals surface area contributed by atoms with Gasteiger partial charge in [0.15, 0.2) is 0 Å². The van der Waals surface area contributed by atoms with Gasteiger partial charge in [-0.3, -0.25) is 4.90 Å². The minimum absolute atomic E-state index is 0.389. The summed E-state index contributed by atoms with van der Waals surface area (Å²) in [6.07, 6.45) is 5.43. The number of hydrogen-bond acceptors (Lipinski definition) is 4. The first-order valence-corrected chi connectivity index (χ1v) is 7.39. The lowest BCUT2D eigenvalue weighted by molar-refractivity contribution is 0.0262. The fraction of sp³-hybridized carbons (Fsp3) is 0.733. The van der Waals surface area contributed by atoms with Crippen LogP contribution in [0.1, 0.15) is 37.2 Å². The Bertz CT molecular complexity index is 401. The van der Waals surface area contributed by atoms with Gasteiger partial charge in [-0.2, -0.15) is 0 Å². The van der Waals surface area contributed by atoms with Crippen molar-refractivity contribution in [2.75, 3.05) is 20.2 Å². The van der Waals surface area contributed by atoms with Crippen LogP contribution in [0.5, 0.6) is 0 Å². The molecule has 0 aromatic carbocycles. The van der Waals surface area contributed by atoms with Gasteiger partial charge in [0.1, 0.15) is 11.5 Å². The number of methoxy groups -OCH3 is 1. The van der Waals surface area contributed by atoms with Gasteiger partial charge in [0.2, 0.25) is 0 Å². The number of nitrogens with one attached hydrogen (secondary N) is 1. The van der Waals surface area contributed by atoms with Gasteiger partial charge in [-0.25, -0.2) is 0 Å². The van der Waals surface area contributed by atoms with E-state index in [0.29, 0.717) is 6.10 Å². The van der Waals surface area contributed by atoms with Gasteiger partial charge in [-0.1, -0.05) is 0 Å². The lowest BCUT2D eigenvalue weighted by Gasteiger charge is -2.31. The lowest BCUT2D eigenvalue weighted by atomic mass is 10.1. The largest absolute Gasteiger partial charge is 0.463 e. The van der Waals surface area contributed by atoms with Crippen molar-refractivity contribution in [1.82, 2.24) is 10.2 Å². The molecule has 2 fully saturated rings. The van der Waals surface area contributed by atoms with Crippen LogP contribution >= 0.6 is 0 Å². The van der Waals surface area contributed by atoms with Gasteiger partial charge < -0.3 is 14.5 Å². The van der Waals surface area contributed by atoms with Crippen molar-refractivity contribution in [2.24, 2.45) is 0 Å². The van der Waals surface area contributed by atoms with Crippen molar-refractivity contribution in [3.63, 3.8) is 0 Å². The topological polar surface area (TPSA) is 37.6 Å². The molecule has 1 saturated carbocycles. The normalized spacial score (nSPS) is 24.8. The molecule has 3 rings (SSSR count). The predicted octanol–water partition coefficient (Wildman–Crippen LogP) is 2.14. The third-order valence-electron chi connectivity index (χ3n) is 4.03. The van der Waals surface area contributed by atoms with Gasteiger partial charge in [-0.15, -0.1) is 0 Å². The van der Waals surface area contributed by atoms with E-state index in [1.54, 1.807) is 0 Å². The Hall–Kier alpha value is -0.840. The molecule has 1 unspecified atom stereocenters. The third-order valence-corrected chi connectivity index (χ3v) is 4.03. The maximum atomic E-state index is 5.89. The summed E-state index contributed by atoms with van der Waals surface area (Å²) in [5.41, 5.74) is 0. The van der Waals surface area contributed by atoms with Crippen LogP contribution in [0.4, 0.5) is 0 Å². The molecule has 1 saturated heterocycles. The summed E-state index contributed by atoms with van der Waals surface area (Å²) in [7, 11) is 1.81. The zero-order chi connectivity index (χ0) is 13.1. The van der Waals surface area contributed by atoms with Crippen molar-refractivity contribution < 1.29 is 9.15 Å². The highest BCUT2D eigenvalue weighted by atomic mass is 16.5. The highest BCUT2D eigenvalue weighted by Gasteiger charge is 2.22. The van der Waals surface area contributed by atoms with Gasteiger partial charge in [0.25, 0.3) is 0 Å². The molecule has 2 heterocycles. The fourth-order valence-electron chi connectivity index (χ4n) is 2.70. The minimum Gasteiger partial charge on any atom is -0.463 e. The molecule has 0 bridgehead atoms. The SMILES string of the molecule is COC1CCCN(Cc2ccc(CNC3CC3)o2)C1. The summed E-state index contributed by atoms with van der Waals surface area (Å²) < 4.78 is 11.3. The number of hydrogen-bond donors (Lipinski definition) is 1. The summed E-state index contributed by atoms with van der Waals surface area (Å²) in [5.74, 6) is 2.13. The molecule has 2 aliphatic rings. The van der Waals surface area contributed by atoms with Crippen LogP contribution in [-0.4, -0.2) is 37.2 Å². The van der Waals surface area contributed by atoms with Crippen LogP contribution in [0, 0.1) is 0 Å². The predicted molar refractivity (Wildman–Crippen MR) is 73.9 cm³/mol. The first-order valence-electron chi connectivity index (χ1n) is 7.39. The maximum absolute atomic E-state index is 5.89. The number of likely N-dealkylation sites (tertiary alicyclic amines) is 1. The highest BCUT2D eigenvalue weighted by molar-refractivity contribution is 5.07. The third kappa shape index (κ3) is 3.81. The molecule has 106 valence electrons. The molecule has 1 aromatic rings. The van der Waals surface area contributed by atoms with Gasteiger partial charge in [-0.05, 0) is 44.4 Å². The average Bonchev–Trinajstić information content (AvgIpc) is 3.17.